The molecule has 1 aliphatic carbocycles. The molecule has 3 nitrogen and oxygen atoms in total. The van der Waals surface area contributed by atoms with Crippen molar-refractivity contribution >= 4 is 5.97 Å². The number of esters is 1. The maximum Gasteiger partial charge on any atom is 0.323 e. The lowest BCUT2D eigenvalue weighted by molar-refractivity contribution is -0.144. The van der Waals surface area contributed by atoms with Crippen molar-refractivity contribution in [2.75, 3.05) is 7.11 Å². The van der Waals surface area contributed by atoms with Gasteiger partial charge in [-0.1, -0.05) is 40.5 Å². The number of carbonyl (C=O) groups is 1. The first-order valence-electron chi connectivity index (χ1n) is 7.31. The summed E-state index contributed by atoms with van der Waals surface area (Å²) >= 11 is 0. The number of methoxy groups -OCH3 is 1. The molecule has 1 fully saturated rings. The van der Waals surface area contributed by atoms with E-state index >= 15 is 0 Å². The zero-order chi connectivity index (χ0) is 13.7. The maximum absolute atomic E-state index is 11.8. The van der Waals surface area contributed by atoms with E-state index in [1.807, 2.05) is 0 Å². The predicted octanol–water partition coefficient (Wildman–Crippen LogP) is 2.99. The van der Waals surface area contributed by atoms with E-state index in [1.165, 1.54) is 32.8 Å². The second-order valence-corrected chi connectivity index (χ2v) is 6.21. The van der Waals surface area contributed by atoms with Gasteiger partial charge in [0, 0.05) is 6.04 Å². The van der Waals surface area contributed by atoms with Crippen molar-refractivity contribution in [3.8, 4) is 0 Å². The van der Waals surface area contributed by atoms with Crippen molar-refractivity contribution < 1.29 is 9.53 Å². The molecule has 18 heavy (non-hydrogen) atoms. The lowest BCUT2D eigenvalue weighted by Crippen LogP contribution is -2.51. The van der Waals surface area contributed by atoms with Crippen LogP contribution in [-0.2, 0) is 9.53 Å². The van der Waals surface area contributed by atoms with E-state index in [0.717, 1.165) is 0 Å². The topological polar surface area (TPSA) is 38.3 Å². The summed E-state index contributed by atoms with van der Waals surface area (Å²) in [7, 11) is 1.47. The minimum atomic E-state index is -0.167. The molecule has 0 bridgehead atoms. The highest BCUT2D eigenvalue weighted by molar-refractivity contribution is 5.75. The van der Waals surface area contributed by atoms with Crippen molar-refractivity contribution in [1.29, 1.82) is 0 Å². The molecule has 0 aromatic rings. The van der Waals surface area contributed by atoms with Crippen molar-refractivity contribution in [2.24, 2.45) is 17.8 Å². The van der Waals surface area contributed by atoms with E-state index in [2.05, 4.69) is 33.0 Å². The largest absolute Gasteiger partial charge is 0.468 e. The monoisotopic (exact) mass is 255 g/mol. The van der Waals surface area contributed by atoms with Gasteiger partial charge in [-0.05, 0) is 30.6 Å². The Morgan fingerprint density at radius 3 is 2.28 bits per heavy atom. The normalized spacial score (nSPS) is 26.4. The molecule has 0 aromatic heterocycles. The zero-order valence-corrected chi connectivity index (χ0v) is 12.5. The van der Waals surface area contributed by atoms with Gasteiger partial charge in [-0.2, -0.15) is 0 Å². The third-order valence-electron chi connectivity index (χ3n) is 4.19. The quantitative estimate of drug-likeness (QED) is 0.768. The third-order valence-corrected chi connectivity index (χ3v) is 4.19. The molecular formula is C15H29NO2. The Labute approximate surface area is 112 Å². The summed E-state index contributed by atoms with van der Waals surface area (Å²) in [6.07, 6.45) is 5.06. The Balaban J connectivity index is 2.68. The summed E-state index contributed by atoms with van der Waals surface area (Å²) in [4.78, 5) is 11.8. The van der Waals surface area contributed by atoms with Gasteiger partial charge in [0.25, 0.3) is 0 Å². The molecule has 1 rings (SSSR count). The van der Waals surface area contributed by atoms with Crippen LogP contribution in [0.15, 0.2) is 0 Å². The molecule has 1 aliphatic rings. The second kappa shape index (κ2) is 7.13. The highest BCUT2D eigenvalue weighted by atomic mass is 16.5. The van der Waals surface area contributed by atoms with Gasteiger partial charge in [-0.15, -0.1) is 0 Å². The molecule has 3 atom stereocenters. The minimum Gasteiger partial charge on any atom is -0.468 e. The van der Waals surface area contributed by atoms with E-state index in [9.17, 15) is 4.79 Å². The molecule has 0 amide bonds. The van der Waals surface area contributed by atoms with Crippen molar-refractivity contribution in [2.45, 2.75) is 65.5 Å². The van der Waals surface area contributed by atoms with Crippen LogP contribution in [0.5, 0.6) is 0 Å². The Morgan fingerprint density at radius 2 is 1.78 bits per heavy atom. The fourth-order valence-electron chi connectivity index (χ4n) is 3.05. The Morgan fingerprint density at radius 1 is 1.17 bits per heavy atom. The van der Waals surface area contributed by atoms with Crippen LogP contribution in [0, 0.1) is 17.8 Å². The van der Waals surface area contributed by atoms with Gasteiger partial charge in [-0.25, -0.2) is 0 Å². The molecule has 0 aliphatic heterocycles. The average Bonchev–Trinajstić information content (AvgIpc) is 2.34. The first kappa shape index (κ1) is 15.5. The Kier molecular flexibility index (Phi) is 6.13. The van der Waals surface area contributed by atoms with Crippen molar-refractivity contribution in [1.82, 2.24) is 5.32 Å². The summed E-state index contributed by atoms with van der Waals surface area (Å²) < 4.78 is 4.91. The number of nitrogens with one attached hydrogen (secondary N) is 1. The van der Waals surface area contributed by atoms with Crippen LogP contribution in [0.2, 0.25) is 0 Å². The standard InChI is InChI=1S/C15H29NO2/c1-10(2)12-8-6-7-9-13(12)16-14(11(3)4)15(17)18-5/h10-14,16H,6-9H2,1-5H3. The highest BCUT2D eigenvalue weighted by Crippen LogP contribution is 2.30. The van der Waals surface area contributed by atoms with Gasteiger partial charge < -0.3 is 10.1 Å². The van der Waals surface area contributed by atoms with E-state index in [4.69, 9.17) is 4.74 Å². The molecule has 1 saturated carbocycles. The first-order valence-corrected chi connectivity index (χ1v) is 7.31. The summed E-state index contributed by atoms with van der Waals surface area (Å²) in [5.74, 6) is 1.50. The van der Waals surface area contributed by atoms with Gasteiger partial charge in [0.2, 0.25) is 0 Å². The van der Waals surface area contributed by atoms with Crippen LogP contribution < -0.4 is 5.32 Å². The summed E-state index contributed by atoms with van der Waals surface area (Å²) in [5.41, 5.74) is 0. The fraction of sp³-hybridized carbons (Fsp3) is 0.933. The average molecular weight is 255 g/mol. The number of carbonyl (C=O) groups excluding carboxylic acids is 1. The Hall–Kier alpha value is -0.570. The van der Waals surface area contributed by atoms with E-state index in [0.29, 0.717) is 17.9 Å². The highest BCUT2D eigenvalue weighted by Gasteiger charge is 2.32. The molecular weight excluding hydrogens is 226 g/mol. The molecule has 106 valence electrons. The van der Waals surface area contributed by atoms with Crippen LogP contribution in [0.25, 0.3) is 0 Å². The predicted molar refractivity (Wildman–Crippen MR) is 74.4 cm³/mol. The van der Waals surface area contributed by atoms with Crippen LogP contribution in [-0.4, -0.2) is 25.2 Å². The molecule has 0 radical (unpaired) electrons. The molecule has 1 N–H and O–H groups in total. The molecule has 3 heteroatoms. The van der Waals surface area contributed by atoms with Gasteiger partial charge >= 0.3 is 5.97 Å². The van der Waals surface area contributed by atoms with Crippen LogP contribution in [0.1, 0.15) is 53.4 Å². The fourth-order valence-corrected chi connectivity index (χ4v) is 3.05. The zero-order valence-electron chi connectivity index (χ0n) is 12.5. The number of ether oxygens (including phenoxy) is 1. The summed E-state index contributed by atoms with van der Waals surface area (Å²) in [6.45, 7) is 8.71. The van der Waals surface area contributed by atoms with E-state index < -0.39 is 0 Å². The van der Waals surface area contributed by atoms with Crippen LogP contribution in [0.4, 0.5) is 0 Å². The summed E-state index contributed by atoms with van der Waals surface area (Å²) in [6, 6.07) is 0.296. The smallest absolute Gasteiger partial charge is 0.323 e. The van der Waals surface area contributed by atoms with Crippen molar-refractivity contribution in [3.63, 3.8) is 0 Å². The van der Waals surface area contributed by atoms with Gasteiger partial charge in [0.05, 0.1) is 7.11 Å². The molecule has 3 unspecified atom stereocenters. The van der Waals surface area contributed by atoms with Crippen LogP contribution >= 0.6 is 0 Å². The van der Waals surface area contributed by atoms with Crippen molar-refractivity contribution in [3.05, 3.63) is 0 Å². The van der Waals surface area contributed by atoms with Gasteiger partial charge in [-0.3, -0.25) is 4.79 Å². The Bertz CT molecular complexity index is 263. The maximum atomic E-state index is 11.8. The van der Waals surface area contributed by atoms with E-state index in [1.54, 1.807) is 0 Å². The lowest BCUT2D eigenvalue weighted by atomic mass is 9.77. The molecule has 0 spiro atoms. The second-order valence-electron chi connectivity index (χ2n) is 6.21. The van der Waals surface area contributed by atoms with Gasteiger partial charge in [0.15, 0.2) is 0 Å². The minimum absolute atomic E-state index is 0.127. The molecule has 0 heterocycles. The number of hydrogen-bond donors (Lipinski definition) is 1. The molecule has 0 aromatic carbocycles. The first-order chi connectivity index (χ1) is 8.47. The van der Waals surface area contributed by atoms with E-state index in [-0.39, 0.29) is 17.9 Å². The lowest BCUT2D eigenvalue weighted by Gasteiger charge is -2.37. The van der Waals surface area contributed by atoms with Crippen LogP contribution in [0.3, 0.4) is 0 Å². The number of rotatable bonds is 5. The summed E-state index contributed by atoms with van der Waals surface area (Å²) in [5, 5.41) is 3.56. The molecule has 0 saturated heterocycles. The van der Waals surface area contributed by atoms with Gasteiger partial charge in [0.1, 0.15) is 6.04 Å². The number of hydrogen-bond acceptors (Lipinski definition) is 3. The third kappa shape index (κ3) is 3.98. The SMILES string of the molecule is COC(=O)C(NC1CCCCC1C(C)C)C(C)C.